The van der Waals surface area contributed by atoms with E-state index in [1.54, 1.807) is 30.3 Å². The summed E-state index contributed by atoms with van der Waals surface area (Å²) in [5.74, 6) is -1.32. The second-order valence-electron chi connectivity index (χ2n) is 14.2. The summed E-state index contributed by atoms with van der Waals surface area (Å²) in [5.41, 5.74) is 10.9. The van der Waals surface area contributed by atoms with Gasteiger partial charge in [0, 0.05) is 24.6 Å². The van der Waals surface area contributed by atoms with E-state index in [2.05, 4.69) is 41.3 Å². The van der Waals surface area contributed by atoms with E-state index in [0.29, 0.717) is 17.7 Å². The Morgan fingerprint density at radius 1 is 1.02 bits per heavy atom. The lowest BCUT2D eigenvalue weighted by Crippen LogP contribution is -2.38. The number of rotatable bonds is 19. The van der Waals surface area contributed by atoms with Crippen molar-refractivity contribution in [2.24, 2.45) is 0 Å². The van der Waals surface area contributed by atoms with Gasteiger partial charge in [0.25, 0.3) is 0 Å². The monoisotopic (exact) mass is 948 g/mol. The quantitative estimate of drug-likeness (QED) is 0.0343. The molecule has 0 spiro atoms. The minimum Gasteiger partial charge on any atom is -0.497 e. The third-order valence-corrected chi connectivity index (χ3v) is 11.4. The fourth-order valence-electron chi connectivity index (χ4n) is 6.79. The number of nitrogens with two attached hydrogens (primary N) is 2. The van der Waals surface area contributed by atoms with Crippen molar-refractivity contribution in [3.8, 4) is 17.1 Å². The average molecular weight is 949 g/mol. The fourth-order valence-corrected chi connectivity index (χ4v) is 8.10. The van der Waals surface area contributed by atoms with E-state index in [4.69, 9.17) is 43.9 Å². The first-order chi connectivity index (χ1) is 30.9. The second kappa shape index (κ2) is 19.6. The number of hydrogen-bond donors (Lipinski definition) is 7. The van der Waals surface area contributed by atoms with Gasteiger partial charge in [0.2, 0.25) is 11.8 Å². The van der Waals surface area contributed by atoms with Gasteiger partial charge in [-0.1, -0.05) is 6.08 Å². The number of carbonyl (C=O) groups excluding carboxylic acids is 2. The number of oxazole rings is 1. The molecule has 1 amide bonds. The van der Waals surface area contributed by atoms with Crippen LogP contribution in [0.25, 0.3) is 22.5 Å². The summed E-state index contributed by atoms with van der Waals surface area (Å²) < 4.78 is 71.6. The number of nitrogen functional groups attached to an aromatic ring is 2. The van der Waals surface area contributed by atoms with E-state index in [1.807, 2.05) is 0 Å². The van der Waals surface area contributed by atoms with Crippen LogP contribution >= 0.6 is 15.6 Å². The van der Waals surface area contributed by atoms with Crippen LogP contribution < -0.4 is 27.2 Å². The number of hydrogen-bond acceptors (Lipinski definition) is 21. The van der Waals surface area contributed by atoms with Gasteiger partial charge in [-0.15, -0.1) is 6.58 Å². The topological polar surface area (TPSA) is 382 Å². The van der Waals surface area contributed by atoms with Gasteiger partial charge in [-0.3, -0.25) is 27.5 Å². The maximum Gasteiger partial charge on any atom is 0.472 e. The Kier molecular flexibility index (Phi) is 14.2. The molecule has 6 heterocycles. The summed E-state index contributed by atoms with van der Waals surface area (Å²) in [6, 6.07) is 7.61. The SMILES string of the molecule is C=CCCC(=O)NCc1nc(C(=O)OC2[C@@H](COP(=O)(O)O[C@@H]3C[C@H](n4ccc(N)nc4=O)O[C@@H]3COP(=O)(O)O)O[C@@H](n3cnc4c(N)ncnc43)[C@H]2O)c(-c2ccc(OC)cc2)o1. The second-order valence-corrected chi connectivity index (χ2v) is 16.9. The van der Waals surface area contributed by atoms with E-state index in [-0.39, 0.29) is 65.4 Å². The lowest BCUT2D eigenvalue weighted by atomic mass is 10.1. The van der Waals surface area contributed by atoms with Crippen molar-refractivity contribution in [1.29, 1.82) is 0 Å². The first-order valence-corrected chi connectivity index (χ1v) is 22.3. The molecular weight excluding hydrogens is 906 g/mol. The molecule has 2 unspecified atom stereocenters. The number of phosphoric ester groups is 2. The Labute approximate surface area is 366 Å². The number of fused-ring (bicyclic) bond motifs is 1. The summed E-state index contributed by atoms with van der Waals surface area (Å²) >= 11 is 0. The highest BCUT2D eigenvalue weighted by Crippen LogP contribution is 2.50. The Morgan fingerprint density at radius 3 is 2.48 bits per heavy atom. The minimum atomic E-state index is -5.26. The summed E-state index contributed by atoms with van der Waals surface area (Å²) in [4.78, 5) is 89.0. The highest BCUT2D eigenvalue weighted by atomic mass is 31.2. The van der Waals surface area contributed by atoms with Gasteiger partial charge < -0.3 is 59.9 Å². The molecule has 8 atom stereocenters. The maximum absolute atomic E-state index is 14.2. The van der Waals surface area contributed by atoms with Crippen LogP contribution in [-0.2, 0) is 48.3 Å². The fraction of sp³-hybridized carbons (Fsp3) is 0.389. The molecule has 27 nitrogen and oxygen atoms in total. The molecule has 2 saturated heterocycles. The number of methoxy groups -OCH3 is 1. The van der Waals surface area contributed by atoms with Crippen molar-refractivity contribution in [3.63, 3.8) is 0 Å². The van der Waals surface area contributed by atoms with Crippen LogP contribution in [-0.4, -0.2) is 117 Å². The lowest BCUT2D eigenvalue weighted by molar-refractivity contribution is -0.121. The largest absolute Gasteiger partial charge is 0.497 e. The van der Waals surface area contributed by atoms with Crippen LogP contribution in [0.5, 0.6) is 5.75 Å². The molecule has 0 radical (unpaired) electrons. The molecule has 2 aliphatic heterocycles. The van der Waals surface area contributed by atoms with E-state index in [1.165, 1.54) is 30.3 Å². The van der Waals surface area contributed by atoms with E-state index < -0.39 is 83.5 Å². The Bertz CT molecular complexity index is 2690. The number of aliphatic hydroxyl groups is 1. The summed E-state index contributed by atoms with van der Waals surface area (Å²) in [6.07, 6.45) is -5.37. The zero-order valence-corrected chi connectivity index (χ0v) is 35.8. The number of nitrogens with zero attached hydrogens (tertiary/aromatic N) is 7. The van der Waals surface area contributed by atoms with Crippen molar-refractivity contribution in [1.82, 2.24) is 39.4 Å². The molecule has 65 heavy (non-hydrogen) atoms. The zero-order valence-electron chi connectivity index (χ0n) is 34.0. The molecule has 0 bridgehead atoms. The lowest BCUT2D eigenvalue weighted by Gasteiger charge is -2.23. The van der Waals surface area contributed by atoms with Gasteiger partial charge in [-0.05, 0) is 36.8 Å². The molecule has 1 aromatic carbocycles. The first-order valence-electron chi connectivity index (χ1n) is 19.3. The molecular formula is C36H42N10O17P2. The van der Waals surface area contributed by atoms with E-state index in [0.717, 1.165) is 10.9 Å². The number of imidazole rings is 1. The van der Waals surface area contributed by atoms with Crippen LogP contribution in [0.3, 0.4) is 0 Å². The number of amides is 1. The number of anilines is 2. The smallest absolute Gasteiger partial charge is 0.472 e. The maximum atomic E-state index is 14.2. The normalized spacial score (nSPS) is 23.0. The molecule has 7 rings (SSSR count). The number of aromatic nitrogens is 7. The van der Waals surface area contributed by atoms with Gasteiger partial charge in [0.05, 0.1) is 33.2 Å². The number of carbonyl (C=O) groups is 2. The van der Waals surface area contributed by atoms with Gasteiger partial charge >= 0.3 is 27.3 Å². The predicted octanol–water partition coefficient (Wildman–Crippen LogP) is 0.877. The van der Waals surface area contributed by atoms with Crippen molar-refractivity contribution < 1.29 is 75.4 Å². The highest BCUT2D eigenvalue weighted by molar-refractivity contribution is 7.47. The molecule has 29 heteroatoms. The number of ether oxygens (including phenoxy) is 4. The number of phosphoric acid groups is 2. The van der Waals surface area contributed by atoms with Crippen molar-refractivity contribution >= 4 is 50.3 Å². The number of aliphatic hydroxyl groups excluding tert-OH is 1. The number of allylic oxidation sites excluding steroid dienone is 1. The van der Waals surface area contributed by atoms with Crippen molar-refractivity contribution in [3.05, 3.63) is 83.9 Å². The molecule has 2 fully saturated rings. The Morgan fingerprint density at radius 2 is 1.77 bits per heavy atom. The van der Waals surface area contributed by atoms with Crippen LogP contribution in [0.15, 0.2) is 71.0 Å². The van der Waals surface area contributed by atoms with Crippen molar-refractivity contribution in [2.75, 3.05) is 31.8 Å². The molecule has 4 aromatic heterocycles. The summed E-state index contributed by atoms with van der Waals surface area (Å²) in [6.45, 7) is 1.59. The molecule has 348 valence electrons. The zero-order chi connectivity index (χ0) is 46.6. The highest BCUT2D eigenvalue weighted by Gasteiger charge is 2.50. The van der Waals surface area contributed by atoms with Gasteiger partial charge in [-0.25, -0.2) is 38.7 Å². The van der Waals surface area contributed by atoms with Crippen molar-refractivity contribution in [2.45, 2.75) is 68.8 Å². The molecule has 9 N–H and O–H groups in total. The number of esters is 1. The third kappa shape index (κ3) is 11.1. The molecule has 2 aliphatic rings. The number of nitrogens with one attached hydrogen (secondary N) is 1. The Balaban J connectivity index is 1.15. The summed E-state index contributed by atoms with van der Waals surface area (Å²) in [5, 5.41) is 14.4. The van der Waals surface area contributed by atoms with E-state index >= 15 is 0 Å². The van der Waals surface area contributed by atoms with Crippen LogP contribution in [0.4, 0.5) is 11.6 Å². The minimum absolute atomic E-state index is 0.00702. The van der Waals surface area contributed by atoms with Gasteiger partial charge in [-0.2, -0.15) is 4.98 Å². The van der Waals surface area contributed by atoms with Crippen LogP contribution in [0.1, 0.15) is 48.1 Å². The molecule has 5 aromatic rings. The predicted molar refractivity (Wildman–Crippen MR) is 219 cm³/mol. The first kappa shape index (κ1) is 47.0. The molecule has 0 aliphatic carbocycles. The number of benzene rings is 1. The van der Waals surface area contributed by atoms with E-state index in [9.17, 15) is 43.3 Å². The summed E-state index contributed by atoms with van der Waals surface area (Å²) in [7, 11) is -8.89. The Hall–Kier alpha value is -5.96. The van der Waals surface area contributed by atoms with Gasteiger partial charge in [0.1, 0.15) is 54.1 Å². The average Bonchev–Trinajstić information content (AvgIpc) is 4.05. The van der Waals surface area contributed by atoms with Crippen LogP contribution in [0, 0.1) is 0 Å². The third-order valence-electron chi connectivity index (χ3n) is 9.86. The van der Waals surface area contributed by atoms with Gasteiger partial charge in [0.15, 0.2) is 35.3 Å². The molecule has 0 saturated carbocycles. The van der Waals surface area contributed by atoms with Crippen LogP contribution in [0.2, 0.25) is 0 Å². The standard InChI is InChI=1S/C36H42N10O17P2/c1-3-4-5-24(47)39-13-25-44-27(30(61-25)18-6-8-19(56-2)9-7-18)35(49)62-31-22(60-34(29(31)48)46-17-42-28-32(38)40-16-41-33(28)46)15-58-65(54,55)63-20-12-26(45-11-10-23(37)43-36(45)50)59-21(20)14-57-64(51,52)53/h3,6-11,16-17,20-22,26,29,31,34,48H,1,4-5,12-15H2,2H3,(H,39,47)(H,54,55)(H2,37,43,50)(H2,38,40,41)(H2,51,52,53)/t20-,21-,22-,26-,29+,31?,34-/m1/s1.